The van der Waals surface area contributed by atoms with Gasteiger partial charge in [0.1, 0.15) is 11.6 Å². The maximum absolute atomic E-state index is 5.45. The molecule has 21 heavy (non-hydrogen) atoms. The Morgan fingerprint density at radius 1 is 1.10 bits per heavy atom. The molecule has 2 rings (SSSR count). The fraction of sp³-hybridized carbons (Fsp3) is 0.375. The highest BCUT2D eigenvalue weighted by molar-refractivity contribution is 5.58. The van der Waals surface area contributed by atoms with Crippen LogP contribution in [0.25, 0.3) is 11.4 Å². The summed E-state index contributed by atoms with van der Waals surface area (Å²) >= 11 is 0. The van der Waals surface area contributed by atoms with Gasteiger partial charge in [-0.05, 0) is 38.1 Å². The Labute approximate surface area is 125 Å². The van der Waals surface area contributed by atoms with Gasteiger partial charge in [0.05, 0.1) is 18.9 Å². The van der Waals surface area contributed by atoms with E-state index in [4.69, 9.17) is 9.47 Å². The summed E-state index contributed by atoms with van der Waals surface area (Å²) in [5.74, 6) is 2.34. The van der Waals surface area contributed by atoms with E-state index in [0.717, 1.165) is 29.4 Å². The molecular formula is C16H21N3O2. The van der Waals surface area contributed by atoms with E-state index < -0.39 is 0 Å². The predicted octanol–water partition coefficient (Wildman–Crippen LogP) is 3.12. The van der Waals surface area contributed by atoms with Gasteiger partial charge in [0, 0.05) is 25.3 Å². The van der Waals surface area contributed by atoms with Crippen LogP contribution in [0, 0.1) is 0 Å². The molecule has 1 N–H and O–H groups in total. The summed E-state index contributed by atoms with van der Waals surface area (Å²) in [6.07, 6.45) is 0. The van der Waals surface area contributed by atoms with Crippen LogP contribution < -0.4 is 10.1 Å². The number of hydrogen-bond acceptors (Lipinski definition) is 5. The van der Waals surface area contributed by atoms with Gasteiger partial charge in [-0.25, -0.2) is 9.97 Å². The molecule has 0 unspecified atom stereocenters. The number of methoxy groups -OCH3 is 1. The first-order valence-corrected chi connectivity index (χ1v) is 7.10. The van der Waals surface area contributed by atoms with Gasteiger partial charge >= 0.3 is 0 Å². The molecule has 0 amide bonds. The first kappa shape index (κ1) is 15.3. The average Bonchev–Trinajstić information content (AvgIpc) is 2.49. The number of benzene rings is 1. The summed E-state index contributed by atoms with van der Waals surface area (Å²) in [5.41, 5.74) is 1.81. The molecule has 0 aliphatic heterocycles. The SMILES string of the molecule is CCNc1cc(COC)nc(-c2ccc(OCC)cc2)n1. The maximum Gasteiger partial charge on any atom is 0.161 e. The molecule has 0 radical (unpaired) electrons. The van der Waals surface area contributed by atoms with Crippen molar-refractivity contribution in [2.24, 2.45) is 0 Å². The van der Waals surface area contributed by atoms with Crippen LogP contribution in [0.15, 0.2) is 30.3 Å². The molecule has 0 fully saturated rings. The zero-order valence-electron chi connectivity index (χ0n) is 12.7. The van der Waals surface area contributed by atoms with Crippen LogP contribution in [-0.2, 0) is 11.3 Å². The molecule has 0 saturated carbocycles. The summed E-state index contributed by atoms with van der Waals surface area (Å²) in [4.78, 5) is 9.07. The van der Waals surface area contributed by atoms with Crippen LogP contribution in [0.2, 0.25) is 0 Å². The fourth-order valence-corrected chi connectivity index (χ4v) is 1.99. The van der Waals surface area contributed by atoms with Crippen LogP contribution in [-0.4, -0.2) is 30.2 Å². The van der Waals surface area contributed by atoms with Crippen molar-refractivity contribution < 1.29 is 9.47 Å². The smallest absolute Gasteiger partial charge is 0.161 e. The Morgan fingerprint density at radius 2 is 1.86 bits per heavy atom. The second-order valence-corrected chi connectivity index (χ2v) is 4.49. The topological polar surface area (TPSA) is 56.3 Å². The minimum absolute atomic E-state index is 0.463. The molecule has 0 saturated heterocycles. The zero-order chi connectivity index (χ0) is 15.1. The normalized spacial score (nSPS) is 10.4. The van der Waals surface area contributed by atoms with Crippen molar-refractivity contribution in [3.63, 3.8) is 0 Å². The van der Waals surface area contributed by atoms with E-state index in [1.807, 2.05) is 44.2 Å². The third kappa shape index (κ3) is 4.16. The maximum atomic E-state index is 5.45. The van der Waals surface area contributed by atoms with E-state index in [-0.39, 0.29) is 0 Å². The van der Waals surface area contributed by atoms with Crippen LogP contribution in [0.1, 0.15) is 19.5 Å². The molecule has 0 bridgehead atoms. The standard InChI is InChI=1S/C16H21N3O2/c1-4-17-15-10-13(11-20-3)18-16(19-15)12-6-8-14(9-7-12)21-5-2/h6-10H,4-5,11H2,1-3H3,(H,17,18,19). The molecule has 112 valence electrons. The van der Waals surface area contributed by atoms with Crippen molar-refractivity contribution in [1.29, 1.82) is 0 Å². The van der Waals surface area contributed by atoms with Gasteiger partial charge in [-0.15, -0.1) is 0 Å². The average molecular weight is 287 g/mol. The van der Waals surface area contributed by atoms with Crippen molar-refractivity contribution in [2.75, 3.05) is 25.6 Å². The minimum Gasteiger partial charge on any atom is -0.494 e. The summed E-state index contributed by atoms with van der Waals surface area (Å²) in [6, 6.07) is 9.69. The number of nitrogens with zero attached hydrogens (tertiary/aromatic N) is 2. The van der Waals surface area contributed by atoms with Crippen LogP contribution >= 0.6 is 0 Å². The highest BCUT2D eigenvalue weighted by atomic mass is 16.5. The van der Waals surface area contributed by atoms with E-state index >= 15 is 0 Å². The molecule has 0 aliphatic rings. The molecule has 0 atom stereocenters. The lowest BCUT2D eigenvalue weighted by atomic mass is 10.2. The lowest BCUT2D eigenvalue weighted by Gasteiger charge is -2.09. The molecule has 0 spiro atoms. The Morgan fingerprint density at radius 3 is 2.48 bits per heavy atom. The van der Waals surface area contributed by atoms with Crippen molar-refractivity contribution >= 4 is 5.82 Å². The highest BCUT2D eigenvalue weighted by Crippen LogP contribution is 2.21. The largest absolute Gasteiger partial charge is 0.494 e. The molecule has 1 aromatic heterocycles. The predicted molar refractivity (Wildman–Crippen MR) is 83.5 cm³/mol. The van der Waals surface area contributed by atoms with E-state index in [1.165, 1.54) is 0 Å². The van der Waals surface area contributed by atoms with Gasteiger partial charge in [-0.2, -0.15) is 0 Å². The number of ether oxygens (including phenoxy) is 2. The summed E-state index contributed by atoms with van der Waals surface area (Å²) < 4.78 is 10.6. The molecule has 2 aromatic rings. The second-order valence-electron chi connectivity index (χ2n) is 4.49. The monoisotopic (exact) mass is 287 g/mol. The van der Waals surface area contributed by atoms with Crippen LogP contribution in [0.4, 0.5) is 5.82 Å². The molecule has 1 heterocycles. The minimum atomic E-state index is 0.463. The van der Waals surface area contributed by atoms with Crippen molar-refractivity contribution in [1.82, 2.24) is 9.97 Å². The third-order valence-electron chi connectivity index (χ3n) is 2.85. The summed E-state index contributed by atoms with van der Waals surface area (Å²) in [7, 11) is 1.66. The molecule has 0 aliphatic carbocycles. The van der Waals surface area contributed by atoms with Gasteiger partial charge in [0.25, 0.3) is 0 Å². The van der Waals surface area contributed by atoms with Gasteiger partial charge in [0.2, 0.25) is 0 Å². The number of anilines is 1. The molecule has 5 heteroatoms. The lowest BCUT2D eigenvalue weighted by Crippen LogP contribution is -2.04. The summed E-state index contributed by atoms with van der Waals surface area (Å²) in [6.45, 7) is 5.93. The first-order chi connectivity index (χ1) is 10.3. The number of aromatic nitrogens is 2. The quantitative estimate of drug-likeness (QED) is 0.848. The zero-order valence-corrected chi connectivity index (χ0v) is 12.7. The van der Waals surface area contributed by atoms with E-state index in [0.29, 0.717) is 19.0 Å². The fourth-order valence-electron chi connectivity index (χ4n) is 1.99. The molecule has 5 nitrogen and oxygen atoms in total. The van der Waals surface area contributed by atoms with E-state index in [9.17, 15) is 0 Å². The van der Waals surface area contributed by atoms with E-state index in [1.54, 1.807) is 7.11 Å². The van der Waals surface area contributed by atoms with Gasteiger partial charge in [0.15, 0.2) is 5.82 Å². The van der Waals surface area contributed by atoms with Crippen molar-refractivity contribution in [2.45, 2.75) is 20.5 Å². The Hall–Kier alpha value is -2.14. The Balaban J connectivity index is 2.32. The van der Waals surface area contributed by atoms with Gasteiger partial charge in [-0.3, -0.25) is 0 Å². The highest BCUT2D eigenvalue weighted by Gasteiger charge is 2.07. The summed E-state index contributed by atoms with van der Waals surface area (Å²) in [5, 5.41) is 3.22. The van der Waals surface area contributed by atoms with Crippen molar-refractivity contribution in [3.8, 4) is 17.1 Å². The van der Waals surface area contributed by atoms with Crippen molar-refractivity contribution in [3.05, 3.63) is 36.0 Å². The van der Waals surface area contributed by atoms with Gasteiger partial charge < -0.3 is 14.8 Å². The van der Waals surface area contributed by atoms with Gasteiger partial charge in [-0.1, -0.05) is 0 Å². The number of rotatable bonds is 7. The van der Waals surface area contributed by atoms with Crippen LogP contribution in [0.5, 0.6) is 5.75 Å². The van der Waals surface area contributed by atoms with E-state index in [2.05, 4.69) is 15.3 Å². The Kier molecular flexibility index (Phi) is 5.51. The first-order valence-electron chi connectivity index (χ1n) is 7.10. The third-order valence-corrected chi connectivity index (χ3v) is 2.85. The molecule has 1 aromatic carbocycles. The number of nitrogens with one attached hydrogen (secondary N) is 1. The van der Waals surface area contributed by atoms with Crippen LogP contribution in [0.3, 0.4) is 0 Å². The lowest BCUT2D eigenvalue weighted by molar-refractivity contribution is 0.181. The Bertz CT molecular complexity index is 546. The second kappa shape index (κ2) is 7.59. The molecular weight excluding hydrogens is 266 g/mol. The number of hydrogen-bond donors (Lipinski definition) is 1.